The Labute approximate surface area is 209 Å². The van der Waals surface area contributed by atoms with Crippen LogP contribution in [-0.2, 0) is 4.79 Å². The quantitative estimate of drug-likeness (QED) is 0.295. The van der Waals surface area contributed by atoms with Gasteiger partial charge in [-0.1, -0.05) is 60.7 Å². The van der Waals surface area contributed by atoms with Crippen molar-refractivity contribution in [1.29, 1.82) is 0 Å². The Bertz CT molecular complexity index is 1160. The molecule has 2 saturated heterocycles. The first-order chi connectivity index (χ1) is 17.3. The number of fused-ring (bicyclic) bond motifs is 1. The number of hydrogen-bond acceptors (Lipinski definition) is 3. The zero-order chi connectivity index (χ0) is 23.9. The largest absolute Gasteiger partial charge is 0.493 e. The predicted molar refractivity (Wildman–Crippen MR) is 144 cm³/mol. The molecule has 2 aliphatic rings. The zero-order valence-electron chi connectivity index (χ0n) is 20.6. The minimum Gasteiger partial charge on any atom is -0.493 e. The van der Waals surface area contributed by atoms with Crippen LogP contribution >= 0.6 is 0 Å². The molecule has 1 amide bonds. The Morgan fingerprint density at radius 1 is 0.886 bits per heavy atom. The standard InChI is InChI=1S/C31H36N2O2/c34-31(33-19-5-6-20-33)15-14-27-9-3-4-11-30(27)35-23-7-18-32-21-16-26(17-22-32)29-13-12-25-8-1-2-10-28(25)24-29/h1-4,8-15,24,26H,5-7,16-23H2. The lowest BCUT2D eigenvalue weighted by Crippen LogP contribution is -2.34. The highest BCUT2D eigenvalue weighted by atomic mass is 16.5. The molecule has 0 aliphatic carbocycles. The summed E-state index contributed by atoms with van der Waals surface area (Å²) in [5, 5.41) is 2.67. The van der Waals surface area contributed by atoms with Crippen LogP contribution < -0.4 is 4.74 Å². The molecule has 0 radical (unpaired) electrons. The van der Waals surface area contributed by atoms with Crippen LogP contribution in [0.4, 0.5) is 0 Å². The smallest absolute Gasteiger partial charge is 0.246 e. The summed E-state index contributed by atoms with van der Waals surface area (Å²) < 4.78 is 6.11. The van der Waals surface area contributed by atoms with Crippen LogP contribution in [0.25, 0.3) is 16.8 Å². The van der Waals surface area contributed by atoms with Crippen molar-refractivity contribution in [3.8, 4) is 5.75 Å². The fourth-order valence-electron chi connectivity index (χ4n) is 5.38. The van der Waals surface area contributed by atoms with Gasteiger partial charge in [0.1, 0.15) is 5.75 Å². The van der Waals surface area contributed by atoms with Crippen LogP contribution in [-0.4, -0.2) is 55.0 Å². The van der Waals surface area contributed by atoms with Gasteiger partial charge < -0.3 is 14.5 Å². The molecule has 4 heteroatoms. The van der Waals surface area contributed by atoms with Crippen molar-refractivity contribution >= 4 is 22.8 Å². The van der Waals surface area contributed by atoms with Crippen LogP contribution in [0.15, 0.2) is 72.8 Å². The van der Waals surface area contributed by atoms with E-state index in [9.17, 15) is 4.79 Å². The first-order valence-electron chi connectivity index (χ1n) is 13.2. The minimum absolute atomic E-state index is 0.101. The van der Waals surface area contributed by atoms with E-state index in [1.54, 1.807) is 6.08 Å². The molecule has 4 nitrogen and oxygen atoms in total. The van der Waals surface area contributed by atoms with Crippen LogP contribution in [0.2, 0.25) is 0 Å². The number of amides is 1. The van der Waals surface area contributed by atoms with Crippen LogP contribution in [0.3, 0.4) is 0 Å². The number of nitrogens with zero attached hydrogens (tertiary/aromatic N) is 2. The SMILES string of the molecule is O=C(C=Cc1ccccc1OCCCN1CCC(c2ccc3ccccc3c2)CC1)N1CCCC1. The average molecular weight is 469 g/mol. The number of carbonyl (C=O) groups is 1. The lowest BCUT2D eigenvalue weighted by Gasteiger charge is -2.32. The van der Waals surface area contributed by atoms with Crippen molar-refractivity contribution < 1.29 is 9.53 Å². The normalized spacial score (nSPS) is 17.4. The van der Waals surface area contributed by atoms with Crippen LogP contribution in [0, 0.1) is 0 Å². The molecule has 0 atom stereocenters. The molecule has 2 aliphatic heterocycles. The summed E-state index contributed by atoms with van der Waals surface area (Å²) in [6.45, 7) is 5.80. The third-order valence-electron chi connectivity index (χ3n) is 7.45. The molecule has 0 aromatic heterocycles. The van der Waals surface area contributed by atoms with Gasteiger partial charge >= 0.3 is 0 Å². The second-order valence-corrected chi connectivity index (χ2v) is 9.83. The molecule has 2 heterocycles. The van der Waals surface area contributed by atoms with Crippen molar-refractivity contribution in [1.82, 2.24) is 9.80 Å². The van der Waals surface area contributed by atoms with Gasteiger partial charge in [0.2, 0.25) is 5.91 Å². The Hall–Kier alpha value is -3.11. The maximum absolute atomic E-state index is 12.3. The monoisotopic (exact) mass is 468 g/mol. The zero-order valence-corrected chi connectivity index (χ0v) is 20.6. The molecule has 0 unspecified atom stereocenters. The maximum Gasteiger partial charge on any atom is 0.246 e. The molecule has 0 spiro atoms. The van der Waals surface area contributed by atoms with Crippen molar-refractivity contribution in [2.45, 2.75) is 38.0 Å². The van der Waals surface area contributed by atoms with E-state index in [1.165, 1.54) is 29.2 Å². The summed E-state index contributed by atoms with van der Waals surface area (Å²) in [7, 11) is 0. The van der Waals surface area contributed by atoms with Gasteiger partial charge in [-0.05, 0) is 79.6 Å². The van der Waals surface area contributed by atoms with E-state index in [4.69, 9.17) is 4.74 Å². The molecular weight excluding hydrogens is 432 g/mol. The lowest BCUT2D eigenvalue weighted by atomic mass is 9.88. The molecule has 182 valence electrons. The van der Waals surface area contributed by atoms with Gasteiger partial charge in [0.25, 0.3) is 0 Å². The highest BCUT2D eigenvalue weighted by Crippen LogP contribution is 2.30. The molecule has 2 fully saturated rings. The van der Waals surface area contributed by atoms with E-state index in [0.717, 1.165) is 63.3 Å². The fourth-order valence-corrected chi connectivity index (χ4v) is 5.38. The van der Waals surface area contributed by atoms with E-state index in [0.29, 0.717) is 12.5 Å². The number of hydrogen-bond donors (Lipinski definition) is 0. The Balaban J connectivity index is 1.06. The number of benzene rings is 3. The molecule has 0 N–H and O–H groups in total. The van der Waals surface area contributed by atoms with E-state index in [1.807, 2.05) is 35.2 Å². The summed E-state index contributed by atoms with van der Waals surface area (Å²) in [5.41, 5.74) is 2.45. The number of likely N-dealkylation sites (tertiary alicyclic amines) is 2. The van der Waals surface area contributed by atoms with Crippen molar-refractivity contribution in [2.75, 3.05) is 39.3 Å². The Morgan fingerprint density at radius 2 is 1.63 bits per heavy atom. The summed E-state index contributed by atoms with van der Waals surface area (Å²) in [5.74, 6) is 1.62. The summed E-state index contributed by atoms with van der Waals surface area (Å²) >= 11 is 0. The Kier molecular flexibility index (Phi) is 7.79. The van der Waals surface area contributed by atoms with Crippen LogP contribution in [0.5, 0.6) is 5.75 Å². The van der Waals surface area contributed by atoms with E-state index in [2.05, 4.69) is 47.4 Å². The van der Waals surface area contributed by atoms with Crippen LogP contribution in [0.1, 0.15) is 49.1 Å². The molecule has 0 bridgehead atoms. The first-order valence-corrected chi connectivity index (χ1v) is 13.2. The van der Waals surface area contributed by atoms with Crippen molar-refractivity contribution in [3.05, 3.63) is 83.9 Å². The van der Waals surface area contributed by atoms with Gasteiger partial charge in [-0.15, -0.1) is 0 Å². The summed E-state index contributed by atoms with van der Waals surface area (Å²) in [6, 6.07) is 23.6. The van der Waals surface area contributed by atoms with Gasteiger partial charge in [-0.2, -0.15) is 0 Å². The number of rotatable bonds is 8. The summed E-state index contributed by atoms with van der Waals surface area (Å²) in [4.78, 5) is 16.8. The van der Waals surface area contributed by atoms with E-state index < -0.39 is 0 Å². The van der Waals surface area contributed by atoms with E-state index >= 15 is 0 Å². The molecule has 0 saturated carbocycles. The van der Waals surface area contributed by atoms with E-state index in [-0.39, 0.29) is 5.91 Å². The second-order valence-electron chi connectivity index (χ2n) is 9.83. The molecular formula is C31H36N2O2. The maximum atomic E-state index is 12.3. The van der Waals surface area contributed by atoms with Gasteiger partial charge in [0, 0.05) is 31.3 Å². The fraction of sp³-hybridized carbons (Fsp3) is 0.387. The predicted octanol–water partition coefficient (Wildman–Crippen LogP) is 6.12. The molecule has 35 heavy (non-hydrogen) atoms. The molecule has 3 aromatic rings. The molecule has 5 rings (SSSR count). The third-order valence-corrected chi connectivity index (χ3v) is 7.45. The Morgan fingerprint density at radius 3 is 2.46 bits per heavy atom. The van der Waals surface area contributed by atoms with Crippen molar-refractivity contribution in [3.63, 3.8) is 0 Å². The van der Waals surface area contributed by atoms with Gasteiger partial charge in [-0.25, -0.2) is 0 Å². The minimum atomic E-state index is 0.101. The number of piperidine rings is 1. The second kappa shape index (κ2) is 11.5. The topological polar surface area (TPSA) is 32.8 Å². The lowest BCUT2D eigenvalue weighted by molar-refractivity contribution is -0.124. The highest BCUT2D eigenvalue weighted by molar-refractivity contribution is 5.92. The van der Waals surface area contributed by atoms with Gasteiger partial charge in [0.05, 0.1) is 6.61 Å². The van der Waals surface area contributed by atoms with Crippen molar-refractivity contribution in [2.24, 2.45) is 0 Å². The van der Waals surface area contributed by atoms with Gasteiger partial charge in [0.15, 0.2) is 0 Å². The number of carbonyl (C=O) groups excluding carboxylic acids is 1. The van der Waals surface area contributed by atoms with Gasteiger partial charge in [-0.3, -0.25) is 4.79 Å². The first kappa shape index (κ1) is 23.6. The average Bonchev–Trinajstić information content (AvgIpc) is 3.46. The summed E-state index contributed by atoms with van der Waals surface area (Å²) in [6.07, 6.45) is 9.25. The highest BCUT2D eigenvalue weighted by Gasteiger charge is 2.20. The molecule has 3 aromatic carbocycles. The number of para-hydroxylation sites is 1. The number of ether oxygens (including phenoxy) is 1. The third kappa shape index (κ3) is 6.12.